The summed E-state index contributed by atoms with van der Waals surface area (Å²) in [6.45, 7) is 17.9. The summed E-state index contributed by atoms with van der Waals surface area (Å²) in [5.41, 5.74) is 0. The van der Waals surface area contributed by atoms with Crippen LogP contribution >= 0.6 is 0 Å². The first-order valence-electron chi connectivity index (χ1n) is 8.85. The van der Waals surface area contributed by atoms with Crippen molar-refractivity contribution in [2.45, 2.75) is 79.3 Å². The van der Waals surface area contributed by atoms with Crippen molar-refractivity contribution in [1.82, 2.24) is 10.2 Å². The van der Waals surface area contributed by atoms with Crippen LogP contribution in [0.3, 0.4) is 0 Å². The first-order chi connectivity index (χ1) is 9.38. The van der Waals surface area contributed by atoms with Crippen molar-refractivity contribution in [3.05, 3.63) is 0 Å². The van der Waals surface area contributed by atoms with Gasteiger partial charge in [-0.3, -0.25) is 4.90 Å². The van der Waals surface area contributed by atoms with Crippen molar-refractivity contribution in [2.75, 3.05) is 19.6 Å². The highest BCUT2D eigenvalue weighted by Gasteiger charge is 2.25. The second-order valence-corrected chi connectivity index (χ2v) is 8.05. The Morgan fingerprint density at radius 1 is 0.950 bits per heavy atom. The number of nitrogens with zero attached hydrogens (tertiary/aromatic N) is 1. The van der Waals surface area contributed by atoms with Gasteiger partial charge in [-0.05, 0) is 50.0 Å². The summed E-state index contributed by atoms with van der Waals surface area (Å²) in [6, 6.07) is 1.50. The van der Waals surface area contributed by atoms with Gasteiger partial charge in [-0.25, -0.2) is 0 Å². The quantitative estimate of drug-likeness (QED) is 0.683. The van der Waals surface area contributed by atoms with E-state index in [1.54, 1.807) is 0 Å². The molecular weight excluding hydrogens is 244 g/mol. The summed E-state index contributed by atoms with van der Waals surface area (Å²) >= 11 is 0. The zero-order valence-corrected chi connectivity index (χ0v) is 14.8. The van der Waals surface area contributed by atoms with Crippen LogP contribution in [0.5, 0.6) is 0 Å². The van der Waals surface area contributed by atoms with Crippen LogP contribution in [-0.4, -0.2) is 36.6 Å². The van der Waals surface area contributed by atoms with Crippen molar-refractivity contribution in [3.8, 4) is 0 Å². The largest absolute Gasteiger partial charge is 0.313 e. The van der Waals surface area contributed by atoms with Gasteiger partial charge >= 0.3 is 0 Å². The molecule has 0 spiro atoms. The topological polar surface area (TPSA) is 15.3 Å². The Kier molecular flexibility index (Phi) is 8.13. The highest BCUT2D eigenvalue weighted by molar-refractivity contribution is 4.83. The predicted molar refractivity (Wildman–Crippen MR) is 90.1 cm³/mol. The third kappa shape index (κ3) is 7.08. The first kappa shape index (κ1) is 18.0. The van der Waals surface area contributed by atoms with Crippen molar-refractivity contribution in [1.29, 1.82) is 0 Å². The molecule has 2 heteroatoms. The fourth-order valence-corrected chi connectivity index (χ4v) is 3.52. The lowest BCUT2D eigenvalue weighted by molar-refractivity contribution is 0.125. The molecule has 1 N–H and O–H groups in total. The fraction of sp³-hybridized carbons (Fsp3) is 1.00. The van der Waals surface area contributed by atoms with Crippen molar-refractivity contribution < 1.29 is 0 Å². The third-order valence-electron chi connectivity index (χ3n) is 4.22. The molecule has 2 nitrogen and oxygen atoms in total. The highest BCUT2D eigenvalue weighted by Crippen LogP contribution is 2.22. The number of nitrogens with one attached hydrogen (secondary N) is 1. The van der Waals surface area contributed by atoms with E-state index in [0.29, 0.717) is 0 Å². The summed E-state index contributed by atoms with van der Waals surface area (Å²) in [4.78, 5) is 2.80. The molecule has 1 rings (SSSR count). The van der Waals surface area contributed by atoms with Crippen LogP contribution < -0.4 is 5.32 Å². The SMILES string of the molecule is CC(C)CC(CC(C)C)N(CC(C)C)CC1CCCN1. The Bertz CT molecular complexity index is 232. The van der Waals surface area contributed by atoms with E-state index in [1.807, 2.05) is 0 Å². The number of hydrogen-bond donors (Lipinski definition) is 1. The van der Waals surface area contributed by atoms with Gasteiger partial charge in [0.2, 0.25) is 0 Å². The molecule has 0 bridgehead atoms. The lowest BCUT2D eigenvalue weighted by Crippen LogP contribution is -2.46. The van der Waals surface area contributed by atoms with E-state index in [4.69, 9.17) is 0 Å². The molecule has 20 heavy (non-hydrogen) atoms. The van der Waals surface area contributed by atoms with Crippen LogP contribution in [0.15, 0.2) is 0 Å². The molecule has 0 aromatic heterocycles. The summed E-state index contributed by atoms with van der Waals surface area (Å²) in [5.74, 6) is 2.35. The Balaban J connectivity index is 2.67. The predicted octanol–water partition coefficient (Wildman–Crippen LogP) is 4.16. The van der Waals surface area contributed by atoms with Crippen LogP contribution in [0.25, 0.3) is 0 Å². The molecule has 0 radical (unpaired) electrons. The monoisotopic (exact) mass is 282 g/mol. The van der Waals surface area contributed by atoms with E-state index in [-0.39, 0.29) is 0 Å². The van der Waals surface area contributed by atoms with E-state index in [1.165, 1.54) is 45.3 Å². The Morgan fingerprint density at radius 2 is 1.55 bits per heavy atom. The van der Waals surface area contributed by atoms with Crippen molar-refractivity contribution in [3.63, 3.8) is 0 Å². The minimum Gasteiger partial charge on any atom is -0.313 e. The van der Waals surface area contributed by atoms with Gasteiger partial charge in [-0.1, -0.05) is 41.5 Å². The van der Waals surface area contributed by atoms with Gasteiger partial charge in [0.1, 0.15) is 0 Å². The van der Waals surface area contributed by atoms with Gasteiger partial charge in [-0.15, -0.1) is 0 Å². The maximum Gasteiger partial charge on any atom is 0.0195 e. The molecule has 0 saturated carbocycles. The van der Waals surface area contributed by atoms with E-state index >= 15 is 0 Å². The molecule has 1 heterocycles. The molecule has 0 aromatic carbocycles. The minimum atomic E-state index is 0.732. The molecule has 1 fully saturated rings. The molecule has 1 aliphatic rings. The fourth-order valence-electron chi connectivity index (χ4n) is 3.52. The second kappa shape index (κ2) is 9.04. The molecule has 120 valence electrons. The van der Waals surface area contributed by atoms with Gasteiger partial charge in [0, 0.05) is 25.2 Å². The summed E-state index contributed by atoms with van der Waals surface area (Å²) in [7, 11) is 0. The van der Waals surface area contributed by atoms with Gasteiger partial charge in [-0.2, -0.15) is 0 Å². The van der Waals surface area contributed by atoms with Crippen LogP contribution in [0, 0.1) is 17.8 Å². The van der Waals surface area contributed by atoms with Crippen LogP contribution in [0.1, 0.15) is 67.2 Å². The van der Waals surface area contributed by atoms with Crippen LogP contribution in [0.2, 0.25) is 0 Å². The Morgan fingerprint density at radius 3 is 1.95 bits per heavy atom. The molecule has 0 amide bonds. The maximum absolute atomic E-state index is 3.68. The van der Waals surface area contributed by atoms with Gasteiger partial charge in [0.25, 0.3) is 0 Å². The smallest absolute Gasteiger partial charge is 0.0195 e. The molecule has 0 aliphatic carbocycles. The van der Waals surface area contributed by atoms with Crippen LogP contribution in [-0.2, 0) is 0 Å². The normalized spacial score (nSPS) is 20.2. The van der Waals surface area contributed by atoms with Gasteiger partial charge < -0.3 is 5.32 Å². The van der Waals surface area contributed by atoms with Crippen molar-refractivity contribution >= 4 is 0 Å². The van der Waals surface area contributed by atoms with Crippen molar-refractivity contribution in [2.24, 2.45) is 17.8 Å². The lowest BCUT2D eigenvalue weighted by atomic mass is 9.93. The minimum absolute atomic E-state index is 0.732. The summed E-state index contributed by atoms with van der Waals surface area (Å²) < 4.78 is 0. The van der Waals surface area contributed by atoms with E-state index < -0.39 is 0 Å². The van der Waals surface area contributed by atoms with E-state index in [2.05, 4.69) is 51.8 Å². The second-order valence-electron chi connectivity index (χ2n) is 8.05. The molecule has 1 atom stereocenters. The zero-order valence-electron chi connectivity index (χ0n) is 14.8. The number of rotatable bonds is 9. The molecule has 1 saturated heterocycles. The standard InChI is InChI=1S/C18H38N2/c1-14(2)10-18(11-15(3)4)20(12-16(5)6)13-17-8-7-9-19-17/h14-19H,7-13H2,1-6H3. The van der Waals surface area contributed by atoms with Gasteiger partial charge in [0.15, 0.2) is 0 Å². The molecule has 0 aromatic rings. The Hall–Kier alpha value is -0.0800. The molecule has 1 aliphatic heterocycles. The van der Waals surface area contributed by atoms with Gasteiger partial charge in [0.05, 0.1) is 0 Å². The summed E-state index contributed by atoms with van der Waals surface area (Å²) in [6.07, 6.45) is 5.42. The number of hydrogen-bond acceptors (Lipinski definition) is 2. The van der Waals surface area contributed by atoms with E-state index in [9.17, 15) is 0 Å². The first-order valence-corrected chi connectivity index (χ1v) is 8.85. The van der Waals surface area contributed by atoms with E-state index in [0.717, 1.165) is 29.8 Å². The lowest BCUT2D eigenvalue weighted by Gasteiger charge is -2.37. The molecular formula is C18H38N2. The maximum atomic E-state index is 3.68. The third-order valence-corrected chi connectivity index (χ3v) is 4.22. The van der Waals surface area contributed by atoms with Crippen LogP contribution in [0.4, 0.5) is 0 Å². The molecule has 1 unspecified atom stereocenters. The highest BCUT2D eigenvalue weighted by atomic mass is 15.2. The summed E-state index contributed by atoms with van der Waals surface area (Å²) in [5, 5.41) is 3.68. The average molecular weight is 283 g/mol. The zero-order chi connectivity index (χ0) is 15.1. The Labute approximate surface area is 127 Å². The average Bonchev–Trinajstić information content (AvgIpc) is 2.78.